The summed E-state index contributed by atoms with van der Waals surface area (Å²) in [6, 6.07) is 8.65. The van der Waals surface area contributed by atoms with Crippen LogP contribution in [-0.4, -0.2) is 32.2 Å². The molecule has 18 heavy (non-hydrogen) atoms. The predicted molar refractivity (Wildman–Crippen MR) is 76.5 cm³/mol. The Bertz CT molecular complexity index is 354. The van der Waals surface area contributed by atoms with Gasteiger partial charge in [0.05, 0.1) is 19.8 Å². The van der Waals surface area contributed by atoms with Gasteiger partial charge in [0.15, 0.2) is 0 Å². The molecule has 0 fully saturated rings. The van der Waals surface area contributed by atoms with Crippen molar-refractivity contribution >= 4 is 11.8 Å². The largest absolute Gasteiger partial charge is 0.379 e. The van der Waals surface area contributed by atoms with Gasteiger partial charge in [0.25, 0.3) is 0 Å². The first kappa shape index (κ1) is 13.9. The van der Waals surface area contributed by atoms with Gasteiger partial charge in [-0.15, -0.1) is 11.8 Å². The zero-order valence-electron chi connectivity index (χ0n) is 11.1. The summed E-state index contributed by atoms with van der Waals surface area (Å²) in [5.74, 6) is 1.71. The second kappa shape index (κ2) is 7.82. The van der Waals surface area contributed by atoms with Crippen LogP contribution in [0.3, 0.4) is 0 Å². The Labute approximate surface area is 114 Å². The van der Waals surface area contributed by atoms with Crippen LogP contribution >= 0.6 is 11.8 Å². The summed E-state index contributed by atoms with van der Waals surface area (Å²) in [4.78, 5) is 1.42. The monoisotopic (exact) mass is 266 g/mol. The molecule has 100 valence electrons. The molecule has 0 amide bonds. The van der Waals surface area contributed by atoms with E-state index in [1.807, 2.05) is 11.8 Å². The summed E-state index contributed by atoms with van der Waals surface area (Å²) < 4.78 is 11.2. The molecular weight excluding hydrogens is 244 g/mol. The third-order valence-electron chi connectivity index (χ3n) is 3.13. The fourth-order valence-corrected chi connectivity index (χ4v) is 3.29. The number of thioether (sulfide) groups is 1. The molecule has 0 spiro atoms. The van der Waals surface area contributed by atoms with Gasteiger partial charge in [-0.3, -0.25) is 0 Å². The molecule has 0 aromatic heterocycles. The van der Waals surface area contributed by atoms with E-state index in [-0.39, 0.29) is 0 Å². The molecule has 1 atom stereocenters. The minimum atomic E-state index is 0.557. The highest BCUT2D eigenvalue weighted by molar-refractivity contribution is 7.99. The second-order valence-electron chi connectivity index (χ2n) is 4.59. The fraction of sp³-hybridized carbons (Fsp3) is 0.600. The van der Waals surface area contributed by atoms with Crippen molar-refractivity contribution in [3.05, 3.63) is 29.8 Å². The minimum Gasteiger partial charge on any atom is -0.379 e. The summed E-state index contributed by atoms with van der Waals surface area (Å²) in [6.07, 6.45) is 2.34. The van der Waals surface area contributed by atoms with E-state index in [0.717, 1.165) is 32.0 Å². The van der Waals surface area contributed by atoms with Crippen LogP contribution in [0.2, 0.25) is 0 Å². The molecule has 0 radical (unpaired) electrons. The molecule has 2 rings (SSSR count). The highest BCUT2D eigenvalue weighted by Gasteiger charge is 2.22. The van der Waals surface area contributed by atoms with Crippen molar-refractivity contribution in [1.29, 1.82) is 0 Å². The van der Waals surface area contributed by atoms with Crippen LogP contribution in [0.25, 0.3) is 0 Å². The maximum absolute atomic E-state index is 5.72. The number of hydrogen-bond donors (Lipinski definition) is 0. The Morgan fingerprint density at radius 3 is 2.89 bits per heavy atom. The molecule has 1 unspecified atom stereocenters. The quantitative estimate of drug-likeness (QED) is 0.668. The van der Waals surface area contributed by atoms with E-state index in [1.165, 1.54) is 16.9 Å². The van der Waals surface area contributed by atoms with Gasteiger partial charge < -0.3 is 9.47 Å². The Morgan fingerprint density at radius 1 is 1.17 bits per heavy atom. The third-order valence-corrected chi connectivity index (χ3v) is 4.38. The van der Waals surface area contributed by atoms with Crippen molar-refractivity contribution in [2.24, 2.45) is 0 Å². The van der Waals surface area contributed by atoms with Crippen molar-refractivity contribution in [2.45, 2.75) is 30.6 Å². The third kappa shape index (κ3) is 4.01. The summed E-state index contributed by atoms with van der Waals surface area (Å²) in [5, 5.41) is 0. The fourth-order valence-electron chi connectivity index (χ4n) is 2.06. The molecule has 1 heterocycles. The highest BCUT2D eigenvalue weighted by Crippen LogP contribution is 2.39. The summed E-state index contributed by atoms with van der Waals surface area (Å²) in [6.45, 7) is 5.30. The van der Waals surface area contributed by atoms with Crippen molar-refractivity contribution in [3.8, 4) is 0 Å². The standard InChI is InChI=1S/C15H22O2S/c1-2-3-8-16-9-10-17-11-13-12-18-15-7-5-4-6-14(13)15/h4-7,13H,2-3,8-12H2,1H3. The maximum atomic E-state index is 5.72. The number of benzene rings is 1. The average Bonchev–Trinajstić information content (AvgIpc) is 2.81. The molecule has 0 saturated carbocycles. The number of ether oxygens (including phenoxy) is 2. The Hall–Kier alpha value is -0.510. The average molecular weight is 266 g/mol. The zero-order chi connectivity index (χ0) is 12.6. The van der Waals surface area contributed by atoms with Crippen LogP contribution in [0, 0.1) is 0 Å². The van der Waals surface area contributed by atoms with Gasteiger partial charge >= 0.3 is 0 Å². The van der Waals surface area contributed by atoms with E-state index < -0.39 is 0 Å². The van der Waals surface area contributed by atoms with Gasteiger partial charge in [-0.1, -0.05) is 31.5 Å². The van der Waals surface area contributed by atoms with Crippen LogP contribution in [-0.2, 0) is 9.47 Å². The maximum Gasteiger partial charge on any atom is 0.0700 e. The lowest BCUT2D eigenvalue weighted by molar-refractivity contribution is 0.0430. The van der Waals surface area contributed by atoms with Gasteiger partial charge in [0.2, 0.25) is 0 Å². The molecule has 1 aliphatic heterocycles. The second-order valence-corrected chi connectivity index (χ2v) is 5.65. The van der Waals surface area contributed by atoms with Gasteiger partial charge in [0.1, 0.15) is 0 Å². The summed E-state index contributed by atoms with van der Waals surface area (Å²) in [5.41, 5.74) is 1.45. The lowest BCUT2D eigenvalue weighted by atomic mass is 10.0. The number of rotatable bonds is 8. The van der Waals surface area contributed by atoms with Gasteiger partial charge in [-0.05, 0) is 18.1 Å². The molecule has 1 aliphatic rings. The first-order chi connectivity index (χ1) is 8.92. The van der Waals surface area contributed by atoms with Crippen LogP contribution < -0.4 is 0 Å². The topological polar surface area (TPSA) is 18.5 Å². The summed E-state index contributed by atoms with van der Waals surface area (Å²) >= 11 is 1.94. The van der Waals surface area contributed by atoms with Crippen LogP contribution in [0.15, 0.2) is 29.2 Å². The lowest BCUT2D eigenvalue weighted by Crippen LogP contribution is -2.11. The smallest absolute Gasteiger partial charge is 0.0700 e. The zero-order valence-corrected chi connectivity index (χ0v) is 11.9. The molecule has 3 heteroatoms. The molecule has 0 saturated heterocycles. The molecule has 0 bridgehead atoms. The molecule has 1 aromatic carbocycles. The van der Waals surface area contributed by atoms with Crippen molar-refractivity contribution in [1.82, 2.24) is 0 Å². The number of unbranched alkanes of at least 4 members (excludes halogenated alkanes) is 1. The van der Waals surface area contributed by atoms with E-state index >= 15 is 0 Å². The van der Waals surface area contributed by atoms with Crippen LogP contribution in [0.1, 0.15) is 31.2 Å². The van der Waals surface area contributed by atoms with E-state index in [0.29, 0.717) is 12.5 Å². The van der Waals surface area contributed by atoms with Crippen LogP contribution in [0.5, 0.6) is 0 Å². The normalized spacial score (nSPS) is 17.9. The number of fused-ring (bicyclic) bond motifs is 1. The molecule has 2 nitrogen and oxygen atoms in total. The molecule has 1 aromatic rings. The molecule has 0 N–H and O–H groups in total. The Balaban J connectivity index is 1.61. The lowest BCUT2D eigenvalue weighted by Gasteiger charge is -2.11. The van der Waals surface area contributed by atoms with E-state index in [9.17, 15) is 0 Å². The first-order valence-corrected chi connectivity index (χ1v) is 7.77. The van der Waals surface area contributed by atoms with Gasteiger partial charge in [0, 0.05) is 23.2 Å². The summed E-state index contributed by atoms with van der Waals surface area (Å²) in [7, 11) is 0. The highest BCUT2D eigenvalue weighted by atomic mass is 32.2. The SMILES string of the molecule is CCCCOCCOCC1CSc2ccccc21. The Morgan fingerprint density at radius 2 is 2.00 bits per heavy atom. The predicted octanol–water partition coefficient (Wildman–Crippen LogP) is 3.71. The van der Waals surface area contributed by atoms with Gasteiger partial charge in [-0.2, -0.15) is 0 Å². The molecular formula is C15H22O2S. The Kier molecular flexibility index (Phi) is 6.05. The van der Waals surface area contributed by atoms with Crippen molar-refractivity contribution in [2.75, 3.05) is 32.2 Å². The van der Waals surface area contributed by atoms with E-state index in [4.69, 9.17) is 9.47 Å². The van der Waals surface area contributed by atoms with Crippen LogP contribution in [0.4, 0.5) is 0 Å². The first-order valence-electron chi connectivity index (χ1n) is 6.79. The van der Waals surface area contributed by atoms with Gasteiger partial charge in [-0.25, -0.2) is 0 Å². The van der Waals surface area contributed by atoms with Crippen molar-refractivity contribution < 1.29 is 9.47 Å². The minimum absolute atomic E-state index is 0.557. The van der Waals surface area contributed by atoms with E-state index in [2.05, 4.69) is 31.2 Å². The number of hydrogen-bond acceptors (Lipinski definition) is 3. The van der Waals surface area contributed by atoms with Crippen molar-refractivity contribution in [3.63, 3.8) is 0 Å². The van der Waals surface area contributed by atoms with E-state index in [1.54, 1.807) is 0 Å². The molecule has 0 aliphatic carbocycles.